The highest BCUT2D eigenvalue weighted by molar-refractivity contribution is 6.30. The van der Waals surface area contributed by atoms with Gasteiger partial charge in [0.1, 0.15) is 0 Å². The van der Waals surface area contributed by atoms with E-state index in [0.29, 0.717) is 6.04 Å². The van der Waals surface area contributed by atoms with Crippen LogP contribution in [0.4, 0.5) is 0 Å². The zero-order valence-electron chi connectivity index (χ0n) is 11.1. The van der Waals surface area contributed by atoms with Crippen LogP contribution in [0, 0.1) is 0 Å². The van der Waals surface area contributed by atoms with Crippen LogP contribution in [0.15, 0.2) is 24.3 Å². The molecule has 1 aromatic rings. The summed E-state index contributed by atoms with van der Waals surface area (Å²) in [5, 5.41) is 0.772. The van der Waals surface area contributed by atoms with Gasteiger partial charge >= 0.3 is 0 Å². The number of rotatable bonds is 4. The monoisotopic (exact) mass is 266 g/mol. The molecule has 0 spiro atoms. The molecule has 0 aromatic heterocycles. The van der Waals surface area contributed by atoms with Gasteiger partial charge < -0.3 is 10.6 Å². The maximum absolute atomic E-state index is 6.24. The molecular weight excluding hydrogens is 244 g/mol. The van der Waals surface area contributed by atoms with Gasteiger partial charge in [-0.05, 0) is 50.4 Å². The summed E-state index contributed by atoms with van der Waals surface area (Å²) in [4.78, 5) is 2.56. The molecule has 1 fully saturated rings. The molecule has 0 saturated carbocycles. The second-order valence-corrected chi connectivity index (χ2v) is 5.77. The second kappa shape index (κ2) is 6.55. The van der Waals surface area contributed by atoms with Crippen molar-refractivity contribution >= 4 is 11.6 Å². The van der Waals surface area contributed by atoms with Gasteiger partial charge in [0.05, 0.1) is 0 Å². The first-order chi connectivity index (χ1) is 8.66. The lowest BCUT2D eigenvalue weighted by Gasteiger charge is -2.34. The van der Waals surface area contributed by atoms with Gasteiger partial charge in [-0.2, -0.15) is 0 Å². The van der Waals surface area contributed by atoms with Crippen molar-refractivity contribution in [2.24, 2.45) is 5.73 Å². The van der Waals surface area contributed by atoms with Crippen molar-refractivity contribution in [2.45, 2.75) is 44.7 Å². The van der Waals surface area contributed by atoms with Gasteiger partial charge in [0.2, 0.25) is 0 Å². The minimum atomic E-state index is 0.0952. The molecule has 2 nitrogen and oxygen atoms in total. The molecule has 0 bridgehead atoms. The van der Waals surface area contributed by atoms with E-state index >= 15 is 0 Å². The van der Waals surface area contributed by atoms with Crippen molar-refractivity contribution in [3.05, 3.63) is 34.9 Å². The minimum absolute atomic E-state index is 0.0952. The van der Waals surface area contributed by atoms with E-state index in [1.54, 1.807) is 0 Å². The van der Waals surface area contributed by atoms with E-state index < -0.39 is 0 Å². The highest BCUT2D eigenvalue weighted by Crippen LogP contribution is 2.21. The summed E-state index contributed by atoms with van der Waals surface area (Å²) in [6, 6.07) is 8.72. The predicted octanol–water partition coefficient (Wildman–Crippen LogP) is 3.60. The molecule has 1 aliphatic rings. The minimum Gasteiger partial charge on any atom is -0.324 e. The number of hydrogen-bond donors (Lipinski definition) is 1. The molecule has 2 atom stereocenters. The molecule has 3 heteroatoms. The number of benzene rings is 1. The summed E-state index contributed by atoms with van der Waals surface area (Å²) in [5.41, 5.74) is 7.39. The number of halogens is 1. The topological polar surface area (TPSA) is 29.3 Å². The van der Waals surface area contributed by atoms with E-state index in [1.807, 2.05) is 18.2 Å². The van der Waals surface area contributed by atoms with Crippen molar-refractivity contribution < 1.29 is 0 Å². The fraction of sp³-hybridized carbons (Fsp3) is 0.600. The van der Waals surface area contributed by atoms with Crippen LogP contribution >= 0.6 is 11.6 Å². The third-order valence-corrected chi connectivity index (χ3v) is 4.18. The zero-order valence-corrected chi connectivity index (χ0v) is 11.9. The molecule has 2 N–H and O–H groups in total. The summed E-state index contributed by atoms with van der Waals surface area (Å²) >= 11 is 5.99. The predicted molar refractivity (Wildman–Crippen MR) is 77.9 cm³/mol. The van der Waals surface area contributed by atoms with Crippen LogP contribution in [-0.4, -0.2) is 24.0 Å². The third kappa shape index (κ3) is 3.71. The van der Waals surface area contributed by atoms with Crippen molar-refractivity contribution in [1.29, 1.82) is 0 Å². The molecule has 1 aliphatic heterocycles. The number of nitrogens with zero attached hydrogens (tertiary/aromatic N) is 1. The van der Waals surface area contributed by atoms with E-state index in [9.17, 15) is 0 Å². The lowest BCUT2D eigenvalue weighted by atomic mass is 10.0. The fourth-order valence-electron chi connectivity index (χ4n) is 2.70. The Morgan fingerprint density at radius 2 is 2.28 bits per heavy atom. The first-order valence-corrected chi connectivity index (χ1v) is 7.29. The Bertz CT molecular complexity index is 381. The van der Waals surface area contributed by atoms with Gasteiger partial charge in [-0.1, -0.05) is 30.2 Å². The maximum atomic E-state index is 6.24. The molecule has 0 radical (unpaired) electrons. The van der Waals surface area contributed by atoms with Crippen molar-refractivity contribution in [2.75, 3.05) is 13.1 Å². The van der Waals surface area contributed by atoms with Crippen LogP contribution in [0.3, 0.4) is 0 Å². The van der Waals surface area contributed by atoms with Crippen LogP contribution in [0.1, 0.15) is 44.2 Å². The van der Waals surface area contributed by atoms with Crippen LogP contribution in [-0.2, 0) is 0 Å². The fourth-order valence-corrected chi connectivity index (χ4v) is 2.90. The van der Waals surface area contributed by atoms with Crippen molar-refractivity contribution in [3.63, 3.8) is 0 Å². The smallest absolute Gasteiger partial charge is 0.0409 e. The van der Waals surface area contributed by atoms with Gasteiger partial charge in [0.15, 0.2) is 0 Å². The molecule has 1 saturated heterocycles. The quantitative estimate of drug-likeness (QED) is 0.902. The normalized spacial score (nSPS) is 22.9. The highest BCUT2D eigenvalue weighted by Gasteiger charge is 2.18. The second-order valence-electron chi connectivity index (χ2n) is 5.33. The molecule has 0 aliphatic carbocycles. The van der Waals surface area contributed by atoms with E-state index in [1.165, 1.54) is 25.8 Å². The van der Waals surface area contributed by atoms with Crippen LogP contribution in [0.2, 0.25) is 5.02 Å². The molecule has 1 heterocycles. The first kappa shape index (κ1) is 13.9. The number of likely N-dealkylation sites (tertiary alicyclic amines) is 1. The van der Waals surface area contributed by atoms with Gasteiger partial charge in [-0.15, -0.1) is 0 Å². The number of nitrogens with two attached hydrogens (primary N) is 1. The number of piperidine rings is 1. The lowest BCUT2D eigenvalue weighted by molar-refractivity contribution is 0.155. The highest BCUT2D eigenvalue weighted by atomic mass is 35.5. The summed E-state index contributed by atoms with van der Waals surface area (Å²) in [6.07, 6.45) is 5.03. The Balaban J connectivity index is 1.86. The van der Waals surface area contributed by atoms with E-state index in [-0.39, 0.29) is 6.04 Å². The molecule has 2 rings (SSSR count). The molecule has 1 aromatic carbocycles. The Labute approximate surface area is 115 Å². The molecule has 2 unspecified atom stereocenters. The van der Waals surface area contributed by atoms with Crippen molar-refractivity contribution in [3.8, 4) is 0 Å². The average Bonchev–Trinajstić information content (AvgIpc) is 2.37. The molecule has 100 valence electrons. The zero-order chi connectivity index (χ0) is 13.0. The van der Waals surface area contributed by atoms with Gasteiger partial charge in [0, 0.05) is 23.7 Å². The summed E-state index contributed by atoms with van der Waals surface area (Å²) in [6.45, 7) is 4.64. The van der Waals surface area contributed by atoms with Gasteiger partial charge in [0.25, 0.3) is 0 Å². The molecule has 18 heavy (non-hydrogen) atoms. The van der Waals surface area contributed by atoms with E-state index in [4.69, 9.17) is 17.3 Å². The third-order valence-electron chi connectivity index (χ3n) is 3.94. The maximum Gasteiger partial charge on any atom is 0.0409 e. The summed E-state index contributed by atoms with van der Waals surface area (Å²) in [5.74, 6) is 0. The Kier molecular flexibility index (Phi) is 5.04. The summed E-state index contributed by atoms with van der Waals surface area (Å²) < 4.78 is 0. The van der Waals surface area contributed by atoms with Gasteiger partial charge in [-0.25, -0.2) is 0 Å². The average molecular weight is 267 g/mol. The first-order valence-electron chi connectivity index (χ1n) is 6.92. The Hall–Kier alpha value is -0.570. The lowest BCUT2D eigenvalue weighted by Crippen LogP contribution is -2.38. The Morgan fingerprint density at radius 1 is 1.44 bits per heavy atom. The van der Waals surface area contributed by atoms with Gasteiger partial charge in [-0.3, -0.25) is 0 Å². The van der Waals surface area contributed by atoms with Crippen LogP contribution in [0.25, 0.3) is 0 Å². The van der Waals surface area contributed by atoms with E-state index in [2.05, 4.69) is 17.9 Å². The molecular formula is C15H23ClN2. The summed E-state index contributed by atoms with van der Waals surface area (Å²) in [7, 11) is 0. The molecule has 0 amide bonds. The van der Waals surface area contributed by atoms with Crippen molar-refractivity contribution in [1.82, 2.24) is 4.90 Å². The largest absolute Gasteiger partial charge is 0.324 e. The standard InChI is InChI=1S/C15H23ClN2/c1-12-5-2-3-9-18(12)10-8-15(17)13-6-4-7-14(16)11-13/h4,6-7,11-12,15H,2-3,5,8-10,17H2,1H3. The Morgan fingerprint density at radius 3 is 3.00 bits per heavy atom. The van der Waals surface area contributed by atoms with Crippen LogP contribution in [0.5, 0.6) is 0 Å². The SMILES string of the molecule is CC1CCCCN1CCC(N)c1cccc(Cl)c1. The number of hydrogen-bond acceptors (Lipinski definition) is 2. The van der Waals surface area contributed by atoms with Crippen LogP contribution < -0.4 is 5.73 Å². The van der Waals surface area contributed by atoms with E-state index in [0.717, 1.165) is 23.6 Å².